The minimum atomic E-state index is 0.584. The van der Waals surface area contributed by atoms with Crippen molar-refractivity contribution in [3.8, 4) is 17.0 Å². The van der Waals surface area contributed by atoms with Gasteiger partial charge in [0.15, 0.2) is 5.65 Å². The number of nitrogens with zero attached hydrogens (tertiary/aromatic N) is 4. The maximum Gasteiger partial charge on any atom is 0.223 e. The number of methoxy groups -OCH3 is 1. The highest BCUT2D eigenvalue weighted by molar-refractivity contribution is 5.82. The molecule has 27 heavy (non-hydrogen) atoms. The first-order chi connectivity index (χ1) is 13.2. The lowest BCUT2D eigenvalue weighted by molar-refractivity contribution is 0.401. The summed E-state index contributed by atoms with van der Waals surface area (Å²) in [5.41, 5.74) is 5.98. The fourth-order valence-corrected chi connectivity index (χ4v) is 3.34. The predicted molar refractivity (Wildman–Crippen MR) is 107 cm³/mol. The van der Waals surface area contributed by atoms with Crippen LogP contribution in [-0.4, -0.2) is 26.6 Å². The molecule has 0 aliphatic heterocycles. The van der Waals surface area contributed by atoms with Crippen LogP contribution in [0.25, 0.3) is 22.3 Å². The highest BCUT2D eigenvalue weighted by atomic mass is 16.5. The van der Waals surface area contributed by atoms with E-state index in [-0.39, 0.29) is 0 Å². The van der Waals surface area contributed by atoms with Gasteiger partial charge in [-0.15, -0.1) is 0 Å². The van der Waals surface area contributed by atoms with Gasteiger partial charge in [-0.3, -0.25) is 4.98 Å². The number of aromatic nitrogens is 4. The molecule has 0 aliphatic carbocycles. The fourth-order valence-electron chi connectivity index (χ4n) is 3.34. The molecule has 0 N–H and O–H groups in total. The second-order valence-electron chi connectivity index (χ2n) is 6.65. The van der Waals surface area contributed by atoms with Crippen molar-refractivity contribution in [3.63, 3.8) is 0 Å². The zero-order chi connectivity index (χ0) is 18.8. The van der Waals surface area contributed by atoms with Gasteiger partial charge in [-0.1, -0.05) is 30.3 Å². The molecule has 4 rings (SSSR count). The van der Waals surface area contributed by atoms with Crippen molar-refractivity contribution in [2.24, 2.45) is 7.05 Å². The molecule has 1 aromatic carbocycles. The summed E-state index contributed by atoms with van der Waals surface area (Å²) in [5, 5.41) is 0. The average molecular weight is 358 g/mol. The van der Waals surface area contributed by atoms with E-state index in [9.17, 15) is 0 Å². The number of benzene rings is 1. The van der Waals surface area contributed by atoms with Crippen molar-refractivity contribution < 1.29 is 4.74 Å². The maximum absolute atomic E-state index is 5.55. The van der Waals surface area contributed by atoms with Gasteiger partial charge < -0.3 is 9.30 Å². The van der Waals surface area contributed by atoms with Crippen molar-refractivity contribution in [1.29, 1.82) is 0 Å². The molecule has 0 spiro atoms. The summed E-state index contributed by atoms with van der Waals surface area (Å²) in [6.07, 6.45) is 3.62. The number of hydrogen-bond acceptors (Lipinski definition) is 4. The predicted octanol–water partition coefficient (Wildman–Crippen LogP) is 4.13. The molecule has 5 heteroatoms. The molecule has 3 aromatic heterocycles. The highest BCUT2D eigenvalue weighted by Gasteiger charge is 2.15. The molecule has 5 nitrogen and oxygen atoms in total. The van der Waals surface area contributed by atoms with Crippen LogP contribution in [0.2, 0.25) is 0 Å². The Morgan fingerprint density at radius 1 is 1.00 bits per heavy atom. The molecule has 4 aromatic rings. The maximum atomic E-state index is 5.55. The molecule has 0 radical (unpaired) electrons. The van der Waals surface area contributed by atoms with Crippen LogP contribution in [0.5, 0.6) is 5.88 Å². The van der Waals surface area contributed by atoms with Crippen LogP contribution >= 0.6 is 0 Å². The van der Waals surface area contributed by atoms with Crippen LogP contribution in [-0.2, 0) is 19.9 Å². The van der Waals surface area contributed by atoms with Gasteiger partial charge in [0.05, 0.1) is 12.6 Å². The second kappa shape index (κ2) is 7.19. The summed E-state index contributed by atoms with van der Waals surface area (Å²) in [4.78, 5) is 13.7. The Hall–Kier alpha value is -3.21. The zero-order valence-corrected chi connectivity index (χ0v) is 15.8. The minimum absolute atomic E-state index is 0.584. The largest absolute Gasteiger partial charge is 0.480 e. The quantitative estimate of drug-likeness (QED) is 0.538. The van der Waals surface area contributed by atoms with Gasteiger partial charge in [0.2, 0.25) is 5.88 Å². The lowest BCUT2D eigenvalue weighted by Gasteiger charge is -2.09. The Morgan fingerprint density at radius 3 is 2.56 bits per heavy atom. The molecule has 0 unspecified atom stereocenters. The SMILES string of the molecule is COc1nc2nc(CCc3ccccc3)n(C)c2cc1-c1ccnc(C)c1. The van der Waals surface area contributed by atoms with E-state index in [4.69, 9.17) is 9.72 Å². The molecule has 0 saturated carbocycles. The van der Waals surface area contributed by atoms with Gasteiger partial charge in [-0.05, 0) is 42.7 Å². The summed E-state index contributed by atoms with van der Waals surface area (Å²) in [6.45, 7) is 1.98. The van der Waals surface area contributed by atoms with E-state index in [2.05, 4.69) is 44.9 Å². The molecule has 3 heterocycles. The Kier molecular flexibility index (Phi) is 4.59. The number of pyridine rings is 2. The van der Waals surface area contributed by atoms with Crippen LogP contribution in [0.15, 0.2) is 54.7 Å². The zero-order valence-electron chi connectivity index (χ0n) is 15.8. The number of hydrogen-bond donors (Lipinski definition) is 0. The third kappa shape index (κ3) is 3.40. The molecule has 0 saturated heterocycles. The lowest BCUT2D eigenvalue weighted by atomic mass is 10.1. The van der Waals surface area contributed by atoms with E-state index in [1.807, 2.05) is 38.4 Å². The molecule has 0 aliphatic rings. The van der Waals surface area contributed by atoms with Gasteiger partial charge in [-0.2, -0.15) is 4.98 Å². The van der Waals surface area contributed by atoms with Gasteiger partial charge >= 0.3 is 0 Å². The Balaban J connectivity index is 1.74. The molecule has 136 valence electrons. The van der Waals surface area contributed by atoms with Crippen molar-refractivity contribution in [2.45, 2.75) is 19.8 Å². The molecule has 0 fully saturated rings. The third-order valence-electron chi connectivity index (χ3n) is 4.81. The Labute approximate surface area is 158 Å². The summed E-state index contributed by atoms with van der Waals surface area (Å²) in [5.74, 6) is 1.60. The second-order valence-corrected chi connectivity index (χ2v) is 6.65. The monoisotopic (exact) mass is 358 g/mol. The van der Waals surface area contributed by atoms with Crippen LogP contribution in [0, 0.1) is 6.92 Å². The molecule has 0 bridgehead atoms. The van der Waals surface area contributed by atoms with Crippen LogP contribution < -0.4 is 4.74 Å². The van der Waals surface area contributed by atoms with Gasteiger partial charge in [0.25, 0.3) is 0 Å². The van der Waals surface area contributed by atoms with Crippen molar-refractivity contribution in [1.82, 2.24) is 19.5 Å². The van der Waals surface area contributed by atoms with Crippen LogP contribution in [0.3, 0.4) is 0 Å². The van der Waals surface area contributed by atoms with Crippen LogP contribution in [0.1, 0.15) is 17.1 Å². The van der Waals surface area contributed by atoms with E-state index in [0.29, 0.717) is 11.5 Å². The van der Waals surface area contributed by atoms with Crippen molar-refractivity contribution in [2.75, 3.05) is 7.11 Å². The summed E-state index contributed by atoms with van der Waals surface area (Å²) >= 11 is 0. The fraction of sp³-hybridized carbons (Fsp3) is 0.227. The van der Waals surface area contributed by atoms with E-state index in [1.54, 1.807) is 7.11 Å². The topological polar surface area (TPSA) is 52.8 Å². The first-order valence-corrected chi connectivity index (χ1v) is 9.03. The summed E-state index contributed by atoms with van der Waals surface area (Å²) < 4.78 is 7.67. The number of imidazole rings is 1. The number of rotatable bonds is 5. The Morgan fingerprint density at radius 2 is 1.81 bits per heavy atom. The van der Waals surface area contributed by atoms with Crippen molar-refractivity contribution in [3.05, 3.63) is 71.8 Å². The Bertz CT molecular complexity index is 1090. The van der Waals surface area contributed by atoms with Gasteiger partial charge in [0.1, 0.15) is 5.82 Å². The van der Waals surface area contributed by atoms with E-state index >= 15 is 0 Å². The molecule has 0 amide bonds. The summed E-state index contributed by atoms with van der Waals surface area (Å²) in [7, 11) is 3.69. The smallest absolute Gasteiger partial charge is 0.223 e. The first kappa shape index (κ1) is 17.2. The normalized spacial score (nSPS) is 11.1. The minimum Gasteiger partial charge on any atom is -0.480 e. The summed E-state index contributed by atoms with van der Waals surface area (Å²) in [6, 6.07) is 16.6. The van der Waals surface area contributed by atoms with Crippen LogP contribution in [0.4, 0.5) is 0 Å². The highest BCUT2D eigenvalue weighted by Crippen LogP contribution is 2.31. The average Bonchev–Trinajstić information content (AvgIpc) is 3.01. The number of fused-ring (bicyclic) bond motifs is 1. The molecule has 0 atom stereocenters. The molecular formula is C22H22N4O. The van der Waals surface area contributed by atoms with E-state index in [0.717, 1.165) is 41.0 Å². The van der Waals surface area contributed by atoms with E-state index in [1.165, 1.54) is 5.56 Å². The number of aryl methyl sites for hydroxylation is 4. The standard InChI is InChI=1S/C22H22N4O/c1-15-13-17(11-12-23-15)18-14-19-21(25-22(18)27-3)24-20(26(19)2)10-9-16-7-5-4-6-8-16/h4-8,11-14H,9-10H2,1-3H3. The van der Waals surface area contributed by atoms with Gasteiger partial charge in [-0.25, -0.2) is 4.98 Å². The first-order valence-electron chi connectivity index (χ1n) is 9.03. The molecular weight excluding hydrogens is 336 g/mol. The lowest BCUT2D eigenvalue weighted by Crippen LogP contribution is -2.00. The number of ether oxygens (including phenoxy) is 1. The van der Waals surface area contributed by atoms with Crippen molar-refractivity contribution >= 4 is 11.2 Å². The third-order valence-corrected chi connectivity index (χ3v) is 4.81. The van der Waals surface area contributed by atoms with E-state index < -0.39 is 0 Å². The van der Waals surface area contributed by atoms with Gasteiger partial charge in [0, 0.05) is 30.9 Å².